The summed E-state index contributed by atoms with van der Waals surface area (Å²) >= 11 is 3.25. The van der Waals surface area contributed by atoms with Crippen molar-refractivity contribution in [3.05, 3.63) is 28.7 Å². The first-order valence-electron chi connectivity index (χ1n) is 9.14. The molecule has 1 aromatic carbocycles. The maximum absolute atomic E-state index is 12.2. The van der Waals surface area contributed by atoms with E-state index in [4.69, 9.17) is 0 Å². The number of halogens is 1. The summed E-state index contributed by atoms with van der Waals surface area (Å²) < 4.78 is 27.5. The smallest absolute Gasteiger partial charge is 0.240 e. The van der Waals surface area contributed by atoms with Gasteiger partial charge in [-0.2, -0.15) is 0 Å². The Hall–Kier alpha value is -0.960. The highest BCUT2D eigenvalue weighted by Gasteiger charge is 2.17. The van der Waals surface area contributed by atoms with Gasteiger partial charge in [0.1, 0.15) is 0 Å². The zero-order chi connectivity index (χ0) is 19.0. The molecule has 1 amide bonds. The van der Waals surface area contributed by atoms with Gasteiger partial charge in [0, 0.05) is 36.6 Å². The van der Waals surface area contributed by atoms with Gasteiger partial charge in [0.05, 0.1) is 4.90 Å². The Balaban J connectivity index is 1.62. The maximum Gasteiger partial charge on any atom is 0.240 e. The minimum absolute atomic E-state index is 0.0871. The van der Waals surface area contributed by atoms with Crippen LogP contribution in [0.3, 0.4) is 0 Å². The summed E-state index contributed by atoms with van der Waals surface area (Å²) in [7, 11) is -3.59. The third-order valence-corrected chi connectivity index (χ3v) is 6.59. The Morgan fingerprint density at radius 3 is 2.85 bits per heavy atom. The van der Waals surface area contributed by atoms with Crippen LogP contribution >= 0.6 is 15.9 Å². The molecule has 8 heteroatoms. The number of hydrogen-bond acceptors (Lipinski definition) is 4. The molecule has 0 saturated carbocycles. The molecular formula is C18H28BrN3O3S. The summed E-state index contributed by atoms with van der Waals surface area (Å²) in [6, 6.07) is 7.11. The van der Waals surface area contributed by atoms with Crippen LogP contribution in [0.5, 0.6) is 0 Å². The van der Waals surface area contributed by atoms with Crippen molar-refractivity contribution < 1.29 is 13.2 Å². The van der Waals surface area contributed by atoms with Gasteiger partial charge in [-0.1, -0.05) is 28.4 Å². The Morgan fingerprint density at radius 2 is 2.12 bits per heavy atom. The highest BCUT2D eigenvalue weighted by atomic mass is 79.9. The molecule has 1 fully saturated rings. The van der Waals surface area contributed by atoms with Crippen LogP contribution in [0, 0.1) is 0 Å². The first-order chi connectivity index (χ1) is 12.4. The van der Waals surface area contributed by atoms with Crippen LogP contribution in [-0.2, 0) is 14.8 Å². The van der Waals surface area contributed by atoms with E-state index in [1.165, 1.54) is 31.4 Å². The summed E-state index contributed by atoms with van der Waals surface area (Å²) in [5, 5.41) is 2.86. The molecule has 2 N–H and O–H groups in total. The van der Waals surface area contributed by atoms with E-state index in [2.05, 4.69) is 37.8 Å². The number of rotatable bonds is 9. The second-order valence-corrected chi connectivity index (χ2v) is 9.37. The molecule has 0 aromatic heterocycles. The first kappa shape index (κ1) is 21.3. The minimum atomic E-state index is -3.59. The van der Waals surface area contributed by atoms with Crippen LogP contribution in [0.4, 0.5) is 0 Å². The number of carbonyl (C=O) groups is 1. The van der Waals surface area contributed by atoms with Crippen LogP contribution in [0.2, 0.25) is 0 Å². The zero-order valence-electron chi connectivity index (χ0n) is 15.2. The van der Waals surface area contributed by atoms with Gasteiger partial charge in [0.2, 0.25) is 15.9 Å². The summed E-state index contributed by atoms with van der Waals surface area (Å²) in [6.07, 6.45) is 4.87. The molecule has 1 aromatic rings. The summed E-state index contributed by atoms with van der Waals surface area (Å²) in [5.74, 6) is -0.131. The number of hydrogen-bond donors (Lipinski definition) is 2. The number of piperidine rings is 1. The summed E-state index contributed by atoms with van der Waals surface area (Å²) in [4.78, 5) is 14.5. The highest BCUT2D eigenvalue weighted by molar-refractivity contribution is 9.10. The predicted octanol–water partition coefficient (Wildman–Crippen LogP) is 2.50. The lowest BCUT2D eigenvalue weighted by atomic mass is 10.0. The largest absolute Gasteiger partial charge is 0.356 e. The fourth-order valence-corrected chi connectivity index (χ4v) is 4.73. The van der Waals surface area contributed by atoms with Crippen LogP contribution < -0.4 is 10.0 Å². The Labute approximate surface area is 164 Å². The maximum atomic E-state index is 12.2. The lowest BCUT2D eigenvalue weighted by Gasteiger charge is -2.33. The zero-order valence-corrected chi connectivity index (χ0v) is 17.6. The first-order valence-corrected chi connectivity index (χ1v) is 11.4. The van der Waals surface area contributed by atoms with Crippen molar-refractivity contribution in [1.82, 2.24) is 14.9 Å². The van der Waals surface area contributed by atoms with Gasteiger partial charge in [-0.15, -0.1) is 0 Å². The van der Waals surface area contributed by atoms with Crippen molar-refractivity contribution in [3.63, 3.8) is 0 Å². The topological polar surface area (TPSA) is 78.5 Å². The number of carbonyl (C=O) groups excluding carboxylic acids is 1. The van der Waals surface area contributed by atoms with E-state index in [-0.39, 0.29) is 23.8 Å². The molecule has 0 spiro atoms. The van der Waals surface area contributed by atoms with Gasteiger partial charge >= 0.3 is 0 Å². The van der Waals surface area contributed by atoms with Crippen molar-refractivity contribution >= 4 is 31.9 Å². The normalized spacial score (nSPS) is 18.6. The molecule has 6 nitrogen and oxygen atoms in total. The van der Waals surface area contributed by atoms with Crippen molar-refractivity contribution in [2.45, 2.75) is 50.0 Å². The quantitative estimate of drug-likeness (QED) is 0.572. The molecule has 26 heavy (non-hydrogen) atoms. The van der Waals surface area contributed by atoms with Crippen LogP contribution in [-0.4, -0.2) is 51.4 Å². The van der Waals surface area contributed by atoms with E-state index in [0.29, 0.717) is 17.1 Å². The van der Waals surface area contributed by atoms with Gasteiger partial charge in [0.25, 0.3) is 0 Å². The molecule has 0 aliphatic carbocycles. The number of likely N-dealkylation sites (tertiary alicyclic amines) is 1. The average Bonchev–Trinajstić information content (AvgIpc) is 2.60. The molecular weight excluding hydrogens is 418 g/mol. The number of benzene rings is 1. The summed E-state index contributed by atoms with van der Waals surface area (Å²) in [6.45, 7) is 5.11. The van der Waals surface area contributed by atoms with Crippen LogP contribution in [0.1, 0.15) is 39.0 Å². The van der Waals surface area contributed by atoms with Crippen molar-refractivity contribution in [2.24, 2.45) is 0 Å². The van der Waals surface area contributed by atoms with E-state index >= 15 is 0 Å². The standard InChI is InChI=1S/C18H28BrN3O3S/c1-15-6-2-3-12-22(15)13-5-10-20-18(23)9-11-21-26(24,25)17-8-4-7-16(19)14-17/h4,7-8,14-15,21H,2-3,5-6,9-13H2,1H3,(H,20,23). The highest BCUT2D eigenvalue weighted by Crippen LogP contribution is 2.16. The Morgan fingerprint density at radius 1 is 1.31 bits per heavy atom. The van der Waals surface area contributed by atoms with E-state index in [1.807, 2.05) is 0 Å². The Bertz CT molecular complexity index is 697. The van der Waals surface area contributed by atoms with Crippen molar-refractivity contribution in [3.8, 4) is 0 Å². The average molecular weight is 446 g/mol. The molecule has 1 heterocycles. The monoisotopic (exact) mass is 445 g/mol. The second kappa shape index (κ2) is 10.4. The van der Waals surface area contributed by atoms with Gasteiger partial charge in [-0.3, -0.25) is 4.79 Å². The van der Waals surface area contributed by atoms with Gasteiger partial charge in [-0.25, -0.2) is 13.1 Å². The molecule has 1 atom stereocenters. The van der Waals surface area contributed by atoms with Crippen LogP contribution in [0.15, 0.2) is 33.6 Å². The number of nitrogens with zero attached hydrogens (tertiary/aromatic N) is 1. The second-order valence-electron chi connectivity index (χ2n) is 6.69. The van der Waals surface area contributed by atoms with E-state index in [1.54, 1.807) is 12.1 Å². The molecule has 1 saturated heterocycles. The van der Waals surface area contributed by atoms with Crippen molar-refractivity contribution in [1.29, 1.82) is 0 Å². The number of amides is 1. The van der Waals surface area contributed by atoms with Gasteiger partial charge in [-0.05, 0) is 50.9 Å². The molecule has 2 rings (SSSR count). The number of nitrogens with one attached hydrogen (secondary N) is 2. The number of sulfonamides is 1. The van der Waals surface area contributed by atoms with E-state index < -0.39 is 10.0 Å². The van der Waals surface area contributed by atoms with Crippen molar-refractivity contribution in [2.75, 3.05) is 26.2 Å². The minimum Gasteiger partial charge on any atom is -0.356 e. The molecule has 1 unspecified atom stereocenters. The molecule has 0 bridgehead atoms. The third kappa shape index (κ3) is 6.98. The third-order valence-electron chi connectivity index (χ3n) is 4.64. The SMILES string of the molecule is CC1CCCCN1CCCNC(=O)CCNS(=O)(=O)c1cccc(Br)c1. The summed E-state index contributed by atoms with van der Waals surface area (Å²) in [5.41, 5.74) is 0. The van der Waals surface area contributed by atoms with Gasteiger partial charge in [0.15, 0.2) is 0 Å². The molecule has 0 radical (unpaired) electrons. The fraction of sp³-hybridized carbons (Fsp3) is 0.611. The van der Waals surface area contributed by atoms with Gasteiger partial charge < -0.3 is 10.2 Å². The van der Waals surface area contributed by atoms with E-state index in [0.717, 1.165) is 19.5 Å². The molecule has 1 aliphatic rings. The Kier molecular flexibility index (Phi) is 8.53. The molecule has 1 aliphatic heterocycles. The lowest BCUT2D eigenvalue weighted by molar-refractivity contribution is -0.120. The van der Waals surface area contributed by atoms with Crippen LogP contribution in [0.25, 0.3) is 0 Å². The molecule has 146 valence electrons. The lowest BCUT2D eigenvalue weighted by Crippen LogP contribution is -2.39. The van der Waals surface area contributed by atoms with E-state index in [9.17, 15) is 13.2 Å². The predicted molar refractivity (Wildman–Crippen MR) is 106 cm³/mol. The fourth-order valence-electron chi connectivity index (χ4n) is 3.10.